The van der Waals surface area contributed by atoms with Crippen molar-refractivity contribution >= 4 is 17.2 Å². The van der Waals surface area contributed by atoms with Gasteiger partial charge < -0.3 is 11.1 Å². The Morgan fingerprint density at radius 2 is 2.06 bits per heavy atom. The van der Waals surface area contributed by atoms with E-state index in [-0.39, 0.29) is 0 Å². The SMILES string of the molecule is Cc1ccc(Nc2ncncc2N)c(C)c1. The first-order chi connectivity index (χ1) is 7.66. The lowest BCUT2D eigenvalue weighted by Gasteiger charge is -2.10. The van der Waals surface area contributed by atoms with Gasteiger partial charge in [-0.2, -0.15) is 0 Å². The molecule has 82 valence electrons. The van der Waals surface area contributed by atoms with Gasteiger partial charge in [-0.3, -0.25) is 0 Å². The molecule has 4 heteroatoms. The van der Waals surface area contributed by atoms with Crippen molar-refractivity contribution in [3.63, 3.8) is 0 Å². The Hall–Kier alpha value is -2.10. The van der Waals surface area contributed by atoms with Crippen molar-refractivity contribution in [1.29, 1.82) is 0 Å². The van der Waals surface area contributed by atoms with Gasteiger partial charge in [0.15, 0.2) is 5.82 Å². The topological polar surface area (TPSA) is 63.8 Å². The Kier molecular flexibility index (Phi) is 2.72. The monoisotopic (exact) mass is 214 g/mol. The molecule has 0 radical (unpaired) electrons. The molecule has 0 aliphatic carbocycles. The van der Waals surface area contributed by atoms with Gasteiger partial charge in [0.25, 0.3) is 0 Å². The van der Waals surface area contributed by atoms with Crippen LogP contribution in [0.2, 0.25) is 0 Å². The molecule has 1 heterocycles. The summed E-state index contributed by atoms with van der Waals surface area (Å²) < 4.78 is 0. The normalized spacial score (nSPS) is 10.1. The molecule has 1 aromatic heterocycles. The number of nitrogens with two attached hydrogens (primary N) is 1. The maximum atomic E-state index is 5.76. The molecule has 0 saturated carbocycles. The van der Waals surface area contributed by atoms with Crippen molar-refractivity contribution < 1.29 is 0 Å². The summed E-state index contributed by atoms with van der Waals surface area (Å²) >= 11 is 0. The van der Waals surface area contributed by atoms with Crippen molar-refractivity contribution in [2.24, 2.45) is 0 Å². The van der Waals surface area contributed by atoms with Gasteiger partial charge in [-0.15, -0.1) is 0 Å². The van der Waals surface area contributed by atoms with Crippen LogP contribution in [0.1, 0.15) is 11.1 Å². The summed E-state index contributed by atoms with van der Waals surface area (Å²) in [7, 11) is 0. The van der Waals surface area contributed by atoms with Crippen LogP contribution in [0.4, 0.5) is 17.2 Å². The fourth-order valence-corrected chi connectivity index (χ4v) is 1.53. The summed E-state index contributed by atoms with van der Waals surface area (Å²) in [6.07, 6.45) is 3.06. The van der Waals surface area contributed by atoms with Gasteiger partial charge in [0.05, 0.1) is 11.9 Å². The predicted molar refractivity (Wildman–Crippen MR) is 65.6 cm³/mol. The second-order valence-electron chi connectivity index (χ2n) is 3.77. The van der Waals surface area contributed by atoms with Crippen LogP contribution in [0, 0.1) is 13.8 Å². The summed E-state index contributed by atoms with van der Waals surface area (Å²) in [5.41, 5.74) is 9.71. The van der Waals surface area contributed by atoms with E-state index < -0.39 is 0 Å². The van der Waals surface area contributed by atoms with E-state index in [9.17, 15) is 0 Å². The quantitative estimate of drug-likeness (QED) is 0.805. The van der Waals surface area contributed by atoms with E-state index in [1.54, 1.807) is 6.20 Å². The third kappa shape index (κ3) is 2.11. The van der Waals surface area contributed by atoms with E-state index in [1.807, 2.05) is 19.1 Å². The zero-order valence-corrected chi connectivity index (χ0v) is 9.36. The number of rotatable bonds is 2. The Morgan fingerprint density at radius 3 is 2.75 bits per heavy atom. The Balaban J connectivity index is 2.31. The first kappa shape index (κ1) is 10.4. The number of hydrogen-bond acceptors (Lipinski definition) is 4. The third-order valence-corrected chi connectivity index (χ3v) is 2.38. The molecule has 1 aromatic carbocycles. The molecule has 0 aliphatic heterocycles. The summed E-state index contributed by atoms with van der Waals surface area (Å²) in [6, 6.07) is 6.18. The van der Waals surface area contributed by atoms with E-state index >= 15 is 0 Å². The molecule has 0 atom stereocenters. The minimum absolute atomic E-state index is 0.544. The average Bonchev–Trinajstić information content (AvgIpc) is 2.25. The van der Waals surface area contributed by atoms with Gasteiger partial charge in [0, 0.05) is 5.69 Å². The van der Waals surface area contributed by atoms with Crippen LogP contribution < -0.4 is 11.1 Å². The highest BCUT2D eigenvalue weighted by molar-refractivity contribution is 5.69. The van der Waals surface area contributed by atoms with Crippen LogP contribution in [0.5, 0.6) is 0 Å². The second kappa shape index (κ2) is 4.18. The van der Waals surface area contributed by atoms with Gasteiger partial charge in [0.1, 0.15) is 6.33 Å². The molecule has 0 fully saturated rings. The molecular weight excluding hydrogens is 200 g/mol. The Morgan fingerprint density at radius 1 is 1.25 bits per heavy atom. The molecule has 3 N–H and O–H groups in total. The lowest BCUT2D eigenvalue weighted by molar-refractivity contribution is 1.17. The highest BCUT2D eigenvalue weighted by atomic mass is 15.0. The Labute approximate surface area is 94.5 Å². The van der Waals surface area contributed by atoms with Crippen LogP contribution in [0.3, 0.4) is 0 Å². The molecular formula is C12H14N4. The average molecular weight is 214 g/mol. The molecule has 2 rings (SSSR count). The molecule has 0 spiro atoms. The van der Waals surface area contributed by atoms with Crippen molar-refractivity contribution in [3.8, 4) is 0 Å². The van der Waals surface area contributed by atoms with E-state index in [1.165, 1.54) is 11.9 Å². The van der Waals surface area contributed by atoms with E-state index in [2.05, 4.69) is 28.3 Å². The maximum Gasteiger partial charge on any atom is 0.157 e. The van der Waals surface area contributed by atoms with Crippen molar-refractivity contribution in [2.75, 3.05) is 11.1 Å². The van der Waals surface area contributed by atoms with Crippen LogP contribution in [-0.4, -0.2) is 9.97 Å². The summed E-state index contributed by atoms with van der Waals surface area (Å²) in [6.45, 7) is 4.11. The number of nitrogens with one attached hydrogen (secondary N) is 1. The number of aromatic nitrogens is 2. The molecule has 0 aliphatic rings. The molecule has 16 heavy (non-hydrogen) atoms. The number of anilines is 3. The van der Waals surface area contributed by atoms with E-state index in [0.29, 0.717) is 11.5 Å². The van der Waals surface area contributed by atoms with Gasteiger partial charge in [-0.1, -0.05) is 17.7 Å². The van der Waals surface area contributed by atoms with E-state index in [4.69, 9.17) is 5.73 Å². The first-order valence-electron chi connectivity index (χ1n) is 5.06. The van der Waals surface area contributed by atoms with Gasteiger partial charge in [-0.05, 0) is 25.5 Å². The zero-order valence-electron chi connectivity index (χ0n) is 9.36. The minimum atomic E-state index is 0.544. The Bertz CT molecular complexity index is 508. The summed E-state index contributed by atoms with van der Waals surface area (Å²) in [5, 5.41) is 3.19. The highest BCUT2D eigenvalue weighted by Crippen LogP contribution is 2.22. The minimum Gasteiger partial charge on any atom is -0.394 e. The van der Waals surface area contributed by atoms with Crippen molar-refractivity contribution in [3.05, 3.63) is 41.9 Å². The molecule has 0 amide bonds. The molecule has 0 bridgehead atoms. The predicted octanol–water partition coefficient (Wildman–Crippen LogP) is 2.42. The lowest BCUT2D eigenvalue weighted by Crippen LogP contribution is -2.00. The van der Waals surface area contributed by atoms with Crippen LogP contribution in [0.25, 0.3) is 0 Å². The van der Waals surface area contributed by atoms with Crippen LogP contribution in [0.15, 0.2) is 30.7 Å². The van der Waals surface area contributed by atoms with Gasteiger partial charge in [0.2, 0.25) is 0 Å². The standard InChI is InChI=1S/C12H14N4/c1-8-3-4-11(9(2)5-8)16-12-10(13)6-14-7-15-12/h3-7H,13H2,1-2H3,(H,14,15,16). The number of aryl methyl sites for hydroxylation is 2. The third-order valence-electron chi connectivity index (χ3n) is 2.38. The second-order valence-corrected chi connectivity index (χ2v) is 3.77. The smallest absolute Gasteiger partial charge is 0.157 e. The van der Waals surface area contributed by atoms with Crippen LogP contribution >= 0.6 is 0 Å². The fourth-order valence-electron chi connectivity index (χ4n) is 1.53. The first-order valence-corrected chi connectivity index (χ1v) is 5.06. The summed E-state index contributed by atoms with van der Waals surface area (Å²) in [5.74, 6) is 0.641. The summed E-state index contributed by atoms with van der Waals surface area (Å²) in [4.78, 5) is 7.94. The van der Waals surface area contributed by atoms with Crippen molar-refractivity contribution in [1.82, 2.24) is 9.97 Å². The highest BCUT2D eigenvalue weighted by Gasteiger charge is 2.03. The van der Waals surface area contributed by atoms with Crippen molar-refractivity contribution in [2.45, 2.75) is 13.8 Å². The number of benzene rings is 1. The molecule has 0 unspecified atom stereocenters. The van der Waals surface area contributed by atoms with E-state index in [0.717, 1.165) is 11.3 Å². The maximum absolute atomic E-state index is 5.76. The van der Waals surface area contributed by atoms with Gasteiger partial charge >= 0.3 is 0 Å². The van der Waals surface area contributed by atoms with Gasteiger partial charge in [-0.25, -0.2) is 9.97 Å². The number of hydrogen-bond donors (Lipinski definition) is 2. The largest absolute Gasteiger partial charge is 0.394 e. The number of nitrogen functional groups attached to an aromatic ring is 1. The molecule has 0 saturated heterocycles. The lowest BCUT2D eigenvalue weighted by atomic mass is 10.1. The molecule has 4 nitrogen and oxygen atoms in total. The zero-order chi connectivity index (χ0) is 11.5. The number of nitrogens with zero attached hydrogens (tertiary/aromatic N) is 2. The molecule has 2 aromatic rings. The van der Waals surface area contributed by atoms with Crippen LogP contribution in [-0.2, 0) is 0 Å². The fraction of sp³-hybridized carbons (Fsp3) is 0.167.